The van der Waals surface area contributed by atoms with Crippen LogP contribution in [0.15, 0.2) is 59.0 Å². The third-order valence-electron chi connectivity index (χ3n) is 7.17. The zero-order chi connectivity index (χ0) is 25.4. The van der Waals surface area contributed by atoms with Gasteiger partial charge in [0, 0.05) is 24.4 Å². The van der Waals surface area contributed by atoms with Crippen molar-refractivity contribution in [1.29, 1.82) is 0 Å². The maximum absolute atomic E-state index is 15.6. The van der Waals surface area contributed by atoms with Gasteiger partial charge in [-0.15, -0.1) is 11.3 Å². The van der Waals surface area contributed by atoms with Crippen LogP contribution in [0.2, 0.25) is 0 Å². The molecule has 1 N–H and O–H groups in total. The molecule has 3 aliphatic rings. The quantitative estimate of drug-likeness (QED) is 0.414. The van der Waals surface area contributed by atoms with Crippen molar-refractivity contribution >= 4 is 17.2 Å². The van der Waals surface area contributed by atoms with Gasteiger partial charge in [-0.1, -0.05) is 30.3 Å². The van der Waals surface area contributed by atoms with Crippen LogP contribution in [0.25, 0.3) is 21.7 Å². The van der Waals surface area contributed by atoms with Crippen molar-refractivity contribution in [2.75, 3.05) is 24.8 Å². The summed E-state index contributed by atoms with van der Waals surface area (Å²) in [7, 11) is 0. The van der Waals surface area contributed by atoms with E-state index in [2.05, 4.69) is 4.98 Å². The molecule has 186 valence electrons. The summed E-state index contributed by atoms with van der Waals surface area (Å²) < 4.78 is 37.4. The summed E-state index contributed by atoms with van der Waals surface area (Å²) >= 11 is 1.33. The van der Waals surface area contributed by atoms with Gasteiger partial charge in [-0.3, -0.25) is 19.3 Å². The zero-order valence-electron chi connectivity index (χ0n) is 19.1. The van der Waals surface area contributed by atoms with Crippen LogP contribution in [-0.2, 0) is 4.74 Å². The number of halogens is 2. The Morgan fingerprint density at radius 1 is 1.08 bits per heavy atom. The number of morpholine rings is 1. The Balaban J connectivity index is 1.59. The van der Waals surface area contributed by atoms with Crippen LogP contribution in [-0.4, -0.2) is 51.5 Å². The Morgan fingerprint density at radius 3 is 2.78 bits per heavy atom. The maximum Gasteiger partial charge on any atom is 0.278 e. The lowest BCUT2D eigenvalue weighted by Crippen LogP contribution is -2.66. The number of aromatic nitrogens is 2. The molecule has 11 heteroatoms. The molecule has 4 aromatic rings. The van der Waals surface area contributed by atoms with Gasteiger partial charge in [-0.25, -0.2) is 13.8 Å². The topological polar surface area (TPSA) is 87.9 Å². The van der Waals surface area contributed by atoms with Crippen molar-refractivity contribution in [2.45, 2.75) is 12.2 Å². The lowest BCUT2D eigenvalue weighted by Gasteiger charge is -2.51. The molecular formula is C26H18F2N4O4S. The van der Waals surface area contributed by atoms with E-state index in [-0.39, 0.29) is 31.0 Å². The van der Waals surface area contributed by atoms with Gasteiger partial charge in [-0.05, 0) is 22.8 Å². The molecule has 4 heterocycles. The third-order valence-corrected chi connectivity index (χ3v) is 8.02. The van der Waals surface area contributed by atoms with E-state index < -0.39 is 40.9 Å². The zero-order valence-corrected chi connectivity index (χ0v) is 19.9. The number of hydrogen-bond acceptors (Lipinski definition) is 7. The number of rotatable bonds is 1. The third kappa shape index (κ3) is 2.98. The maximum atomic E-state index is 15.6. The van der Waals surface area contributed by atoms with Crippen molar-refractivity contribution in [2.24, 2.45) is 0 Å². The predicted molar refractivity (Wildman–Crippen MR) is 131 cm³/mol. The number of pyridine rings is 1. The minimum atomic E-state index is -1.02. The van der Waals surface area contributed by atoms with Crippen LogP contribution in [0.1, 0.15) is 27.7 Å². The van der Waals surface area contributed by atoms with Gasteiger partial charge in [-0.2, -0.15) is 0 Å². The van der Waals surface area contributed by atoms with E-state index in [0.717, 1.165) is 17.2 Å². The SMILES string of the molecule is O=C1c2c(O)c(=O)ccn2N(C2c3ccccc3-c3scnc3-c3c2ccc(F)c3F)[C@@H]2COCCN12. The minimum absolute atomic E-state index is 0.0319. The highest BCUT2D eigenvalue weighted by Gasteiger charge is 2.46. The molecule has 1 fully saturated rings. The first-order valence-electron chi connectivity index (χ1n) is 11.6. The normalized spacial score (nSPS) is 19.9. The van der Waals surface area contributed by atoms with Crippen molar-refractivity contribution in [3.63, 3.8) is 0 Å². The van der Waals surface area contributed by atoms with Crippen LogP contribution in [0.3, 0.4) is 0 Å². The second-order valence-electron chi connectivity index (χ2n) is 9.00. The molecular weight excluding hydrogens is 502 g/mol. The molecule has 1 saturated heterocycles. The van der Waals surface area contributed by atoms with E-state index in [0.29, 0.717) is 16.1 Å². The van der Waals surface area contributed by atoms with Gasteiger partial charge >= 0.3 is 0 Å². The first-order valence-corrected chi connectivity index (χ1v) is 12.5. The van der Waals surface area contributed by atoms with E-state index in [1.54, 1.807) is 15.4 Å². The molecule has 1 amide bonds. The van der Waals surface area contributed by atoms with E-state index in [9.17, 15) is 19.1 Å². The van der Waals surface area contributed by atoms with Crippen LogP contribution in [0, 0.1) is 11.6 Å². The van der Waals surface area contributed by atoms with Crippen LogP contribution in [0.5, 0.6) is 5.75 Å². The highest BCUT2D eigenvalue weighted by atomic mass is 32.1. The first kappa shape index (κ1) is 22.1. The summed E-state index contributed by atoms with van der Waals surface area (Å²) in [5.41, 5.74) is 3.07. The van der Waals surface area contributed by atoms with E-state index in [1.807, 2.05) is 24.3 Å². The number of fused-ring (bicyclic) bond motifs is 7. The fraction of sp³-hybridized carbons (Fsp3) is 0.192. The highest BCUT2D eigenvalue weighted by molar-refractivity contribution is 7.13. The number of benzene rings is 2. The Hall–Kier alpha value is -4.09. The van der Waals surface area contributed by atoms with Gasteiger partial charge in [0.15, 0.2) is 23.1 Å². The van der Waals surface area contributed by atoms with Gasteiger partial charge in [0.2, 0.25) is 5.43 Å². The Labute approximate surface area is 212 Å². The lowest BCUT2D eigenvalue weighted by molar-refractivity contribution is -0.0196. The molecule has 2 aromatic carbocycles. The van der Waals surface area contributed by atoms with Crippen molar-refractivity contribution < 1.29 is 23.4 Å². The van der Waals surface area contributed by atoms with Gasteiger partial charge < -0.3 is 14.7 Å². The summed E-state index contributed by atoms with van der Waals surface area (Å²) in [4.78, 5) is 32.5. The predicted octanol–water partition coefficient (Wildman–Crippen LogP) is 3.48. The fourth-order valence-electron chi connectivity index (χ4n) is 5.58. The molecule has 0 bridgehead atoms. The standard InChI is InChI=1S/C26H18F2N4O4S/c27-16-6-5-15-19(20(16)28)21-25(37-12-29-21)14-4-2-1-3-13(14)22(15)32-18-11-36-10-9-30(18)26(35)23-24(34)17(33)7-8-31(23)32/h1-8,12,18,22,34H,9-11H2/t18-,22?/m1/s1. The number of ether oxygens (including phenoxy) is 1. The summed E-state index contributed by atoms with van der Waals surface area (Å²) in [5, 5.41) is 12.5. The van der Waals surface area contributed by atoms with Gasteiger partial charge in [0.05, 0.1) is 35.3 Å². The van der Waals surface area contributed by atoms with Crippen LogP contribution < -0.4 is 10.4 Å². The number of hydrogen-bond donors (Lipinski definition) is 1. The summed E-state index contributed by atoms with van der Waals surface area (Å²) in [6.07, 6.45) is 0.765. The first-order chi connectivity index (χ1) is 18.0. The Bertz CT molecular complexity index is 1670. The molecule has 2 aliphatic heterocycles. The Morgan fingerprint density at radius 2 is 1.92 bits per heavy atom. The molecule has 0 saturated carbocycles. The smallest absolute Gasteiger partial charge is 0.278 e. The molecule has 8 nitrogen and oxygen atoms in total. The average Bonchev–Trinajstić information content (AvgIpc) is 3.35. The molecule has 1 unspecified atom stereocenters. The molecule has 2 aromatic heterocycles. The number of carbonyl (C=O) groups excluding carboxylic acids is 1. The summed E-state index contributed by atoms with van der Waals surface area (Å²) in [6.45, 7) is 0.652. The lowest BCUT2D eigenvalue weighted by atomic mass is 9.92. The van der Waals surface area contributed by atoms with Crippen molar-refractivity contribution in [1.82, 2.24) is 14.6 Å². The average molecular weight is 521 g/mol. The van der Waals surface area contributed by atoms with Crippen LogP contribution in [0.4, 0.5) is 8.78 Å². The van der Waals surface area contributed by atoms with Crippen molar-refractivity contribution in [3.05, 3.63) is 92.9 Å². The molecule has 37 heavy (non-hydrogen) atoms. The second kappa shape index (κ2) is 7.95. The molecule has 0 radical (unpaired) electrons. The van der Waals surface area contributed by atoms with Gasteiger partial charge in [0.25, 0.3) is 5.91 Å². The Kier molecular flexibility index (Phi) is 4.76. The number of aromatic hydroxyl groups is 1. The highest BCUT2D eigenvalue weighted by Crippen LogP contribution is 2.50. The second-order valence-corrected chi connectivity index (χ2v) is 9.86. The van der Waals surface area contributed by atoms with E-state index in [1.165, 1.54) is 34.3 Å². The fourth-order valence-corrected chi connectivity index (χ4v) is 6.42. The number of thiazole rings is 1. The van der Waals surface area contributed by atoms with E-state index in [4.69, 9.17) is 4.74 Å². The van der Waals surface area contributed by atoms with Gasteiger partial charge in [0.1, 0.15) is 6.17 Å². The largest absolute Gasteiger partial charge is 0.502 e. The number of amides is 1. The molecule has 2 atom stereocenters. The summed E-state index contributed by atoms with van der Waals surface area (Å²) in [6, 6.07) is 10.5. The van der Waals surface area contributed by atoms with Crippen molar-refractivity contribution in [3.8, 4) is 27.4 Å². The van der Waals surface area contributed by atoms with E-state index >= 15 is 4.39 Å². The minimum Gasteiger partial charge on any atom is -0.502 e. The molecule has 0 spiro atoms. The number of carbonyl (C=O) groups is 1. The summed E-state index contributed by atoms with van der Waals surface area (Å²) in [5.74, 6) is -3.20. The molecule has 7 rings (SSSR count). The monoisotopic (exact) mass is 520 g/mol. The van der Waals surface area contributed by atoms with Crippen LogP contribution >= 0.6 is 11.3 Å². The number of nitrogens with zero attached hydrogens (tertiary/aromatic N) is 4. The molecule has 1 aliphatic carbocycles.